The summed E-state index contributed by atoms with van der Waals surface area (Å²) in [4.78, 5) is 14.5. The van der Waals surface area contributed by atoms with Crippen molar-refractivity contribution in [3.05, 3.63) is 59.2 Å². The highest BCUT2D eigenvalue weighted by molar-refractivity contribution is 5.77. The summed E-state index contributed by atoms with van der Waals surface area (Å²) in [5, 5.41) is 11.1. The van der Waals surface area contributed by atoms with Crippen molar-refractivity contribution in [1.29, 1.82) is 5.41 Å². The number of fused-ring (bicyclic) bond motifs is 1. The average Bonchev–Trinajstić information content (AvgIpc) is 3.35. The normalized spacial score (nSPS) is 18.3. The first-order valence-corrected chi connectivity index (χ1v) is 11.5. The number of hydrogen-bond donors (Lipinski definition) is 3. The first-order chi connectivity index (χ1) is 16.0. The minimum absolute atomic E-state index is 0.0578. The second kappa shape index (κ2) is 10.6. The van der Waals surface area contributed by atoms with Crippen molar-refractivity contribution < 1.29 is 19.0 Å². The fourth-order valence-electron chi connectivity index (χ4n) is 4.25. The molecule has 2 aliphatic heterocycles. The summed E-state index contributed by atoms with van der Waals surface area (Å²) in [6, 6.07) is 13.6. The van der Waals surface area contributed by atoms with E-state index in [2.05, 4.69) is 5.32 Å². The van der Waals surface area contributed by atoms with Crippen molar-refractivity contribution in [2.45, 2.75) is 44.9 Å². The zero-order valence-electron chi connectivity index (χ0n) is 19.0. The molecule has 1 saturated heterocycles. The Bertz CT molecular complexity index is 973. The van der Waals surface area contributed by atoms with Gasteiger partial charge < -0.3 is 30.2 Å². The number of ether oxygens (including phenoxy) is 3. The molecule has 176 valence electrons. The number of nitrogens with two attached hydrogens (primary N) is 1. The third-order valence-corrected chi connectivity index (χ3v) is 6.08. The highest BCUT2D eigenvalue weighted by atomic mass is 16.6. The minimum atomic E-state index is -0.888. The van der Waals surface area contributed by atoms with E-state index in [4.69, 9.17) is 25.4 Å². The molecule has 0 aliphatic carbocycles. The molecule has 0 radical (unpaired) electrons. The number of guanidine groups is 1. The Kier molecular flexibility index (Phi) is 7.34. The molecule has 2 unspecified atom stereocenters. The lowest BCUT2D eigenvalue weighted by molar-refractivity contribution is -0.151. The van der Waals surface area contributed by atoms with E-state index in [1.165, 1.54) is 12.0 Å². The second-order valence-corrected chi connectivity index (χ2v) is 8.41. The van der Waals surface area contributed by atoms with Crippen molar-refractivity contribution in [1.82, 2.24) is 10.2 Å². The lowest BCUT2D eigenvalue weighted by Crippen LogP contribution is -2.40. The fourth-order valence-corrected chi connectivity index (χ4v) is 4.25. The quantitative estimate of drug-likeness (QED) is 0.321. The van der Waals surface area contributed by atoms with E-state index in [0.717, 1.165) is 37.2 Å². The summed E-state index contributed by atoms with van der Waals surface area (Å²) >= 11 is 0. The first-order valence-electron chi connectivity index (χ1n) is 11.5. The molecule has 8 heteroatoms. The van der Waals surface area contributed by atoms with Gasteiger partial charge in [-0.05, 0) is 68.1 Å². The summed E-state index contributed by atoms with van der Waals surface area (Å²) in [6.45, 7) is 4.99. The van der Waals surface area contributed by atoms with Crippen molar-refractivity contribution in [2.24, 2.45) is 5.73 Å². The Morgan fingerprint density at radius 2 is 2.00 bits per heavy atom. The topological polar surface area (TPSA) is 110 Å². The van der Waals surface area contributed by atoms with Crippen LogP contribution in [0.25, 0.3) is 0 Å². The standard InChI is InChI=1S/C25H32N4O4/c1-2-31-24(30)23(18-6-8-21(9-7-18)32-16-20-4-3-12-28-20)33-22-10-5-17-11-13-29(25(26)27)15-19(17)14-22/h5-10,14,20,23,28H,2-4,11-13,15-16H2,1H3,(H3,26,27). The van der Waals surface area contributed by atoms with Crippen LogP contribution in [0.3, 0.4) is 0 Å². The number of nitrogens with one attached hydrogen (secondary N) is 2. The molecule has 1 fully saturated rings. The van der Waals surface area contributed by atoms with Gasteiger partial charge in [0.2, 0.25) is 6.10 Å². The van der Waals surface area contributed by atoms with Gasteiger partial charge >= 0.3 is 5.97 Å². The SMILES string of the molecule is CCOC(=O)C(Oc1ccc2c(c1)CN(C(=N)N)CC2)c1ccc(OCC2CCCN2)cc1. The third-order valence-electron chi connectivity index (χ3n) is 6.08. The van der Waals surface area contributed by atoms with Crippen LogP contribution < -0.4 is 20.5 Å². The highest BCUT2D eigenvalue weighted by Gasteiger charge is 2.26. The number of carbonyl (C=O) groups is 1. The molecular formula is C25H32N4O4. The zero-order chi connectivity index (χ0) is 23.2. The molecule has 0 amide bonds. The molecule has 4 N–H and O–H groups in total. The van der Waals surface area contributed by atoms with Crippen LogP contribution in [-0.4, -0.2) is 49.2 Å². The summed E-state index contributed by atoms with van der Waals surface area (Å²) in [5.74, 6) is 0.949. The predicted octanol–water partition coefficient (Wildman–Crippen LogP) is 2.75. The smallest absolute Gasteiger partial charge is 0.352 e. The summed E-state index contributed by atoms with van der Waals surface area (Å²) in [5.41, 5.74) is 8.60. The Balaban J connectivity index is 1.48. The van der Waals surface area contributed by atoms with Gasteiger partial charge in [-0.2, -0.15) is 0 Å². The van der Waals surface area contributed by atoms with Crippen molar-refractivity contribution in [3.8, 4) is 11.5 Å². The van der Waals surface area contributed by atoms with Gasteiger partial charge in [0.05, 0.1) is 6.61 Å². The van der Waals surface area contributed by atoms with Gasteiger partial charge in [-0.3, -0.25) is 5.41 Å². The molecule has 0 bridgehead atoms. The molecule has 0 saturated carbocycles. The largest absolute Gasteiger partial charge is 0.492 e. The molecular weight excluding hydrogens is 420 g/mol. The van der Waals surface area contributed by atoms with Crippen molar-refractivity contribution >= 4 is 11.9 Å². The number of benzene rings is 2. The third kappa shape index (κ3) is 5.76. The molecule has 4 rings (SSSR count). The van der Waals surface area contributed by atoms with Gasteiger partial charge in [0.1, 0.15) is 18.1 Å². The van der Waals surface area contributed by atoms with Gasteiger partial charge in [0.15, 0.2) is 5.96 Å². The highest BCUT2D eigenvalue weighted by Crippen LogP contribution is 2.29. The minimum Gasteiger partial charge on any atom is -0.492 e. The maximum atomic E-state index is 12.7. The Labute approximate surface area is 194 Å². The first kappa shape index (κ1) is 22.9. The molecule has 2 aromatic rings. The van der Waals surface area contributed by atoms with E-state index < -0.39 is 12.1 Å². The zero-order valence-corrected chi connectivity index (χ0v) is 19.0. The Morgan fingerprint density at radius 3 is 2.70 bits per heavy atom. The van der Waals surface area contributed by atoms with Gasteiger partial charge in [0, 0.05) is 24.7 Å². The Hall–Kier alpha value is -3.26. The van der Waals surface area contributed by atoms with E-state index in [0.29, 0.717) is 30.5 Å². The Morgan fingerprint density at radius 1 is 1.21 bits per heavy atom. The predicted molar refractivity (Wildman–Crippen MR) is 125 cm³/mol. The number of esters is 1. The van der Waals surface area contributed by atoms with Crippen LogP contribution >= 0.6 is 0 Å². The van der Waals surface area contributed by atoms with Crippen LogP contribution in [0.5, 0.6) is 11.5 Å². The maximum Gasteiger partial charge on any atom is 0.352 e. The van der Waals surface area contributed by atoms with Crippen LogP contribution in [-0.2, 0) is 22.5 Å². The monoisotopic (exact) mass is 452 g/mol. The molecule has 2 aromatic carbocycles. The van der Waals surface area contributed by atoms with E-state index in [-0.39, 0.29) is 12.6 Å². The molecule has 33 heavy (non-hydrogen) atoms. The van der Waals surface area contributed by atoms with Crippen molar-refractivity contribution in [2.75, 3.05) is 26.3 Å². The number of carbonyl (C=O) groups excluding carboxylic acids is 1. The van der Waals surface area contributed by atoms with Crippen molar-refractivity contribution in [3.63, 3.8) is 0 Å². The number of hydrogen-bond acceptors (Lipinski definition) is 6. The van der Waals surface area contributed by atoms with Crippen LogP contribution in [0.1, 0.15) is 42.6 Å². The molecule has 8 nitrogen and oxygen atoms in total. The van der Waals surface area contributed by atoms with Crippen LogP contribution in [0.2, 0.25) is 0 Å². The van der Waals surface area contributed by atoms with Gasteiger partial charge in [-0.15, -0.1) is 0 Å². The van der Waals surface area contributed by atoms with E-state index >= 15 is 0 Å². The van der Waals surface area contributed by atoms with Gasteiger partial charge in [-0.25, -0.2) is 4.79 Å². The molecule has 2 aliphatic rings. The summed E-state index contributed by atoms with van der Waals surface area (Å²) in [6.07, 6.45) is 2.23. The molecule has 2 heterocycles. The van der Waals surface area contributed by atoms with Gasteiger partial charge in [0.25, 0.3) is 0 Å². The summed E-state index contributed by atoms with van der Waals surface area (Å²) < 4.78 is 17.3. The fraction of sp³-hybridized carbons (Fsp3) is 0.440. The second-order valence-electron chi connectivity index (χ2n) is 8.41. The number of nitrogens with zero attached hydrogens (tertiary/aromatic N) is 1. The molecule has 2 atom stereocenters. The molecule has 0 aromatic heterocycles. The van der Waals surface area contributed by atoms with E-state index in [1.807, 2.05) is 47.4 Å². The van der Waals surface area contributed by atoms with Crippen LogP contribution in [0, 0.1) is 5.41 Å². The maximum absolute atomic E-state index is 12.7. The molecule has 0 spiro atoms. The lowest BCUT2D eigenvalue weighted by Gasteiger charge is -2.29. The average molecular weight is 453 g/mol. The van der Waals surface area contributed by atoms with Gasteiger partial charge in [-0.1, -0.05) is 18.2 Å². The van der Waals surface area contributed by atoms with Crippen LogP contribution in [0.4, 0.5) is 0 Å². The van der Waals surface area contributed by atoms with Crippen LogP contribution in [0.15, 0.2) is 42.5 Å². The number of rotatable bonds is 8. The van der Waals surface area contributed by atoms with E-state index in [9.17, 15) is 4.79 Å². The lowest BCUT2D eigenvalue weighted by atomic mass is 9.99. The summed E-state index contributed by atoms with van der Waals surface area (Å²) in [7, 11) is 0. The van der Waals surface area contributed by atoms with E-state index in [1.54, 1.807) is 6.92 Å².